The van der Waals surface area contributed by atoms with Crippen LogP contribution < -0.4 is 5.32 Å². The van der Waals surface area contributed by atoms with E-state index in [0.717, 1.165) is 0 Å². The molecular weight excluding hydrogens is 240 g/mol. The summed E-state index contributed by atoms with van der Waals surface area (Å²) in [6.45, 7) is 2.71. The molecule has 0 aliphatic heterocycles. The summed E-state index contributed by atoms with van der Waals surface area (Å²) in [5.41, 5.74) is 0. The molecule has 0 unspecified atom stereocenters. The van der Waals surface area contributed by atoms with Crippen molar-refractivity contribution in [3.05, 3.63) is 0 Å². The fourth-order valence-electron chi connectivity index (χ4n) is 1.43. The molecule has 0 fully saturated rings. The van der Waals surface area contributed by atoms with Gasteiger partial charge in [0.15, 0.2) is 0 Å². The molecule has 18 heavy (non-hydrogen) atoms. The van der Waals surface area contributed by atoms with Crippen LogP contribution in [0.4, 0.5) is 0 Å². The first kappa shape index (κ1) is 16.8. The molecule has 0 bridgehead atoms. The van der Waals surface area contributed by atoms with Crippen molar-refractivity contribution in [3.8, 4) is 0 Å². The van der Waals surface area contributed by atoms with Crippen molar-refractivity contribution in [2.75, 3.05) is 40.0 Å². The van der Waals surface area contributed by atoms with Gasteiger partial charge < -0.3 is 20.3 Å². The summed E-state index contributed by atoms with van der Waals surface area (Å²) in [5.74, 6) is -0.764. The number of aliphatic hydroxyl groups excluding tert-OH is 2. The number of esters is 1. The van der Waals surface area contributed by atoms with Gasteiger partial charge in [0, 0.05) is 26.1 Å². The SMILES string of the molecule is COC(=O)[C@@H](C)NC(=O)CCN(CCO)CCO. The van der Waals surface area contributed by atoms with Gasteiger partial charge in [-0.1, -0.05) is 0 Å². The Balaban J connectivity index is 3.96. The van der Waals surface area contributed by atoms with Crippen molar-refractivity contribution < 1.29 is 24.5 Å². The monoisotopic (exact) mass is 262 g/mol. The lowest BCUT2D eigenvalue weighted by Gasteiger charge is -2.20. The van der Waals surface area contributed by atoms with E-state index in [1.807, 2.05) is 0 Å². The number of nitrogens with one attached hydrogen (secondary N) is 1. The Labute approximate surface area is 107 Å². The zero-order valence-corrected chi connectivity index (χ0v) is 10.9. The molecule has 0 heterocycles. The number of hydrogen-bond donors (Lipinski definition) is 3. The highest BCUT2D eigenvalue weighted by atomic mass is 16.5. The van der Waals surface area contributed by atoms with E-state index >= 15 is 0 Å². The molecule has 1 atom stereocenters. The van der Waals surface area contributed by atoms with Gasteiger partial charge in [0.2, 0.25) is 5.91 Å². The van der Waals surface area contributed by atoms with Crippen molar-refractivity contribution in [3.63, 3.8) is 0 Å². The molecule has 0 aromatic heterocycles. The summed E-state index contributed by atoms with van der Waals surface area (Å²) >= 11 is 0. The van der Waals surface area contributed by atoms with Gasteiger partial charge in [-0.3, -0.25) is 9.69 Å². The number of aliphatic hydroxyl groups is 2. The maximum absolute atomic E-state index is 11.5. The van der Waals surface area contributed by atoms with E-state index in [1.165, 1.54) is 7.11 Å². The molecule has 106 valence electrons. The van der Waals surface area contributed by atoms with Gasteiger partial charge in [0.05, 0.1) is 20.3 Å². The van der Waals surface area contributed by atoms with Crippen molar-refractivity contribution in [2.24, 2.45) is 0 Å². The zero-order valence-electron chi connectivity index (χ0n) is 10.9. The molecule has 0 aromatic carbocycles. The summed E-state index contributed by atoms with van der Waals surface area (Å²) < 4.78 is 4.49. The summed E-state index contributed by atoms with van der Waals surface area (Å²) in [6.07, 6.45) is 0.196. The standard InChI is InChI=1S/C11H22N2O5/c1-9(11(17)18-2)12-10(16)3-4-13(5-7-14)6-8-15/h9,14-15H,3-8H2,1-2H3,(H,12,16)/t9-/m1/s1. The Hall–Kier alpha value is -1.18. The van der Waals surface area contributed by atoms with E-state index in [9.17, 15) is 9.59 Å². The van der Waals surface area contributed by atoms with Crippen LogP contribution in [0.1, 0.15) is 13.3 Å². The van der Waals surface area contributed by atoms with Crippen LogP contribution in [0.5, 0.6) is 0 Å². The molecule has 7 nitrogen and oxygen atoms in total. The molecule has 0 aromatic rings. The average Bonchev–Trinajstić information content (AvgIpc) is 2.35. The Morgan fingerprint density at radius 3 is 2.22 bits per heavy atom. The lowest BCUT2D eigenvalue weighted by molar-refractivity contribution is -0.144. The quantitative estimate of drug-likeness (QED) is 0.430. The second-order valence-electron chi connectivity index (χ2n) is 3.85. The first-order chi connectivity index (χ1) is 8.54. The number of carbonyl (C=O) groups is 2. The highest BCUT2D eigenvalue weighted by molar-refractivity contribution is 5.84. The smallest absolute Gasteiger partial charge is 0.328 e. The van der Waals surface area contributed by atoms with Gasteiger partial charge in [-0.05, 0) is 6.92 Å². The Bertz CT molecular complexity index is 254. The minimum Gasteiger partial charge on any atom is -0.467 e. The Kier molecular flexibility index (Phi) is 9.17. The highest BCUT2D eigenvalue weighted by Crippen LogP contribution is 1.93. The summed E-state index contributed by atoms with van der Waals surface area (Å²) in [4.78, 5) is 24.4. The third-order valence-electron chi connectivity index (χ3n) is 2.42. The topological polar surface area (TPSA) is 99.1 Å². The lowest BCUT2D eigenvalue weighted by atomic mass is 10.3. The second-order valence-corrected chi connectivity index (χ2v) is 3.85. The minimum atomic E-state index is -0.674. The van der Waals surface area contributed by atoms with E-state index in [4.69, 9.17) is 10.2 Å². The number of amides is 1. The molecular formula is C11H22N2O5. The molecule has 3 N–H and O–H groups in total. The first-order valence-corrected chi connectivity index (χ1v) is 5.86. The maximum Gasteiger partial charge on any atom is 0.328 e. The normalized spacial score (nSPS) is 12.3. The number of rotatable bonds is 9. The Morgan fingerprint density at radius 2 is 1.78 bits per heavy atom. The highest BCUT2D eigenvalue weighted by Gasteiger charge is 2.16. The van der Waals surface area contributed by atoms with E-state index in [0.29, 0.717) is 19.6 Å². The van der Waals surface area contributed by atoms with Crippen LogP contribution in [-0.2, 0) is 14.3 Å². The van der Waals surface area contributed by atoms with Crippen molar-refractivity contribution in [1.29, 1.82) is 0 Å². The van der Waals surface area contributed by atoms with Gasteiger partial charge in [-0.15, -0.1) is 0 Å². The molecule has 7 heteroatoms. The molecule has 0 saturated carbocycles. The van der Waals surface area contributed by atoms with Gasteiger partial charge in [0.1, 0.15) is 6.04 Å². The second kappa shape index (κ2) is 9.81. The van der Waals surface area contributed by atoms with Crippen molar-refractivity contribution >= 4 is 11.9 Å². The van der Waals surface area contributed by atoms with E-state index in [1.54, 1.807) is 11.8 Å². The van der Waals surface area contributed by atoms with E-state index in [-0.39, 0.29) is 25.5 Å². The van der Waals surface area contributed by atoms with Gasteiger partial charge in [0.25, 0.3) is 0 Å². The van der Waals surface area contributed by atoms with Gasteiger partial charge in [-0.25, -0.2) is 4.79 Å². The number of nitrogens with zero attached hydrogens (tertiary/aromatic N) is 1. The Morgan fingerprint density at radius 1 is 1.22 bits per heavy atom. The van der Waals surface area contributed by atoms with Crippen LogP contribution in [0.15, 0.2) is 0 Å². The third-order valence-corrected chi connectivity index (χ3v) is 2.42. The van der Waals surface area contributed by atoms with Gasteiger partial charge >= 0.3 is 5.97 Å². The van der Waals surface area contributed by atoms with Crippen LogP contribution in [0, 0.1) is 0 Å². The fourth-order valence-corrected chi connectivity index (χ4v) is 1.43. The van der Waals surface area contributed by atoms with Crippen LogP contribution >= 0.6 is 0 Å². The first-order valence-electron chi connectivity index (χ1n) is 5.86. The molecule has 0 radical (unpaired) electrons. The van der Waals surface area contributed by atoms with Gasteiger partial charge in [-0.2, -0.15) is 0 Å². The number of ether oxygens (including phenoxy) is 1. The summed E-state index contributed by atoms with van der Waals surface area (Å²) in [5, 5.41) is 20.1. The minimum absolute atomic E-state index is 0.0276. The number of carbonyl (C=O) groups excluding carboxylic acids is 2. The number of hydrogen-bond acceptors (Lipinski definition) is 6. The van der Waals surface area contributed by atoms with E-state index in [2.05, 4.69) is 10.1 Å². The zero-order chi connectivity index (χ0) is 14.0. The molecule has 0 spiro atoms. The molecule has 0 aliphatic carbocycles. The van der Waals surface area contributed by atoms with Crippen LogP contribution in [0.2, 0.25) is 0 Å². The van der Waals surface area contributed by atoms with Crippen LogP contribution in [0.25, 0.3) is 0 Å². The summed E-state index contributed by atoms with van der Waals surface area (Å²) in [7, 11) is 1.26. The summed E-state index contributed by atoms with van der Waals surface area (Å²) in [6, 6.07) is -0.674. The number of methoxy groups -OCH3 is 1. The lowest BCUT2D eigenvalue weighted by Crippen LogP contribution is -2.41. The predicted octanol–water partition coefficient (Wildman–Crippen LogP) is -1.66. The molecule has 0 saturated heterocycles. The molecule has 1 amide bonds. The largest absolute Gasteiger partial charge is 0.467 e. The van der Waals surface area contributed by atoms with Crippen molar-refractivity contribution in [2.45, 2.75) is 19.4 Å². The van der Waals surface area contributed by atoms with Crippen molar-refractivity contribution in [1.82, 2.24) is 10.2 Å². The van der Waals surface area contributed by atoms with Crippen LogP contribution in [0.3, 0.4) is 0 Å². The predicted molar refractivity (Wildman–Crippen MR) is 64.8 cm³/mol. The molecule has 0 rings (SSSR count). The van der Waals surface area contributed by atoms with Crippen LogP contribution in [-0.4, -0.2) is 73.0 Å². The van der Waals surface area contributed by atoms with E-state index < -0.39 is 12.0 Å². The maximum atomic E-state index is 11.5. The molecule has 0 aliphatic rings. The fraction of sp³-hybridized carbons (Fsp3) is 0.818. The average molecular weight is 262 g/mol. The third kappa shape index (κ3) is 7.21.